The number of rotatable bonds is 16. The first kappa shape index (κ1) is 31.7. The van der Waals surface area contributed by atoms with Crippen LogP contribution in [0.25, 0.3) is 11.2 Å². The molecule has 4 rings (SSSR count). The van der Waals surface area contributed by atoms with E-state index in [-0.39, 0.29) is 11.5 Å². The van der Waals surface area contributed by atoms with E-state index >= 15 is 0 Å². The molecule has 0 spiro atoms. The molecule has 1 fully saturated rings. The lowest BCUT2D eigenvalue weighted by Gasteiger charge is -2.16. The molecule has 1 amide bonds. The SMILES string of the molecule is O=C(NCCCCCCCCCCNc1ncnc2c1ncn2[C@@H]1O[C@H](CO)[C@@H](O)[C@H]1O)c1ccc(S(=O)(=O)F)cc1. The molecule has 1 aliphatic rings. The minimum atomic E-state index is -4.77. The second-order valence-electron chi connectivity index (χ2n) is 10.2. The van der Waals surface area contributed by atoms with Gasteiger partial charge in [0, 0.05) is 18.7 Å². The van der Waals surface area contributed by atoms with Crippen LogP contribution in [0.15, 0.2) is 41.8 Å². The van der Waals surface area contributed by atoms with Crippen LogP contribution in [0.3, 0.4) is 0 Å². The Morgan fingerprint density at radius 2 is 1.57 bits per heavy atom. The number of nitrogens with zero attached hydrogens (tertiary/aromatic N) is 4. The number of halogens is 1. The van der Waals surface area contributed by atoms with Crippen LogP contribution in [0, 0.1) is 0 Å². The number of hydrogen-bond acceptors (Lipinski definition) is 11. The van der Waals surface area contributed by atoms with Gasteiger partial charge in [0.25, 0.3) is 5.91 Å². The molecule has 0 bridgehead atoms. The average molecular weight is 609 g/mol. The smallest absolute Gasteiger partial charge is 0.332 e. The number of unbranched alkanes of at least 4 members (excludes halogenated alkanes) is 7. The highest BCUT2D eigenvalue weighted by Crippen LogP contribution is 2.32. The molecule has 2 aromatic heterocycles. The number of hydrogen-bond donors (Lipinski definition) is 5. The van der Waals surface area contributed by atoms with Crippen LogP contribution >= 0.6 is 0 Å². The van der Waals surface area contributed by atoms with Gasteiger partial charge in [0.2, 0.25) is 0 Å². The fraction of sp³-hybridized carbons (Fsp3) is 0.556. The minimum Gasteiger partial charge on any atom is -0.394 e. The fourth-order valence-corrected chi connectivity index (χ4v) is 5.33. The number of aromatic nitrogens is 4. The van der Waals surface area contributed by atoms with Gasteiger partial charge in [0.05, 0.1) is 17.8 Å². The van der Waals surface area contributed by atoms with Gasteiger partial charge in [-0.15, -0.1) is 3.89 Å². The standard InChI is InChI=1S/C27H37FN6O7S/c28-42(39,40)19-11-9-18(10-12-19)26(38)30-14-8-6-4-2-1-3-5-7-13-29-24-21-25(32-16-31-24)34(17-33-21)27-23(37)22(36)20(15-35)41-27/h9-12,16-17,20,22-23,27,35-37H,1-8,13-15H2,(H,30,38)(H,29,31,32)/t20-,22-,23-,27-/m1/s1. The topological polar surface area (TPSA) is 189 Å². The predicted octanol–water partition coefficient (Wildman–Crippen LogP) is 2.06. The van der Waals surface area contributed by atoms with Gasteiger partial charge in [-0.2, -0.15) is 8.42 Å². The maximum Gasteiger partial charge on any atom is 0.332 e. The normalized spacial score (nSPS) is 20.7. The van der Waals surface area contributed by atoms with E-state index in [1.165, 1.54) is 29.4 Å². The summed E-state index contributed by atoms with van der Waals surface area (Å²) in [5.74, 6) is 0.252. The summed E-state index contributed by atoms with van der Waals surface area (Å²) in [6, 6.07) is 4.73. The Morgan fingerprint density at radius 3 is 2.19 bits per heavy atom. The van der Waals surface area contributed by atoms with Crippen molar-refractivity contribution in [1.29, 1.82) is 0 Å². The molecule has 0 unspecified atom stereocenters. The van der Waals surface area contributed by atoms with Crippen LogP contribution in [0.5, 0.6) is 0 Å². The molecule has 0 radical (unpaired) electrons. The molecule has 42 heavy (non-hydrogen) atoms. The Hall–Kier alpha value is -3.24. The zero-order chi connectivity index (χ0) is 30.1. The van der Waals surface area contributed by atoms with Gasteiger partial charge >= 0.3 is 10.2 Å². The molecule has 1 saturated heterocycles. The van der Waals surface area contributed by atoms with Gasteiger partial charge in [-0.25, -0.2) is 15.0 Å². The van der Waals surface area contributed by atoms with Crippen molar-refractivity contribution in [2.75, 3.05) is 25.0 Å². The van der Waals surface area contributed by atoms with Crippen LogP contribution in [0.4, 0.5) is 9.70 Å². The lowest BCUT2D eigenvalue weighted by molar-refractivity contribution is -0.0511. The Kier molecular flexibility index (Phi) is 11.2. The third kappa shape index (κ3) is 7.98. The quantitative estimate of drug-likeness (QED) is 0.118. The Bertz CT molecular complexity index is 1420. The first-order valence-corrected chi connectivity index (χ1v) is 15.5. The summed E-state index contributed by atoms with van der Waals surface area (Å²) < 4.78 is 41.8. The summed E-state index contributed by atoms with van der Waals surface area (Å²) in [5.41, 5.74) is 1.26. The van der Waals surface area contributed by atoms with Gasteiger partial charge in [-0.1, -0.05) is 38.5 Å². The third-order valence-electron chi connectivity index (χ3n) is 7.23. The highest BCUT2D eigenvalue weighted by molar-refractivity contribution is 7.86. The summed E-state index contributed by atoms with van der Waals surface area (Å²) in [6.45, 7) is 0.809. The monoisotopic (exact) mass is 608 g/mol. The van der Waals surface area contributed by atoms with Crippen LogP contribution in [0.1, 0.15) is 68.0 Å². The van der Waals surface area contributed by atoms with E-state index in [0.717, 1.165) is 63.5 Å². The summed E-state index contributed by atoms with van der Waals surface area (Å²) >= 11 is 0. The number of anilines is 1. The molecule has 4 atom stereocenters. The molecule has 230 valence electrons. The van der Waals surface area contributed by atoms with E-state index in [2.05, 4.69) is 25.6 Å². The number of imidazole rings is 1. The summed E-state index contributed by atoms with van der Waals surface area (Å²) in [4.78, 5) is 24.6. The number of carbonyl (C=O) groups is 1. The Balaban J connectivity index is 1.06. The number of ether oxygens (including phenoxy) is 1. The second kappa shape index (κ2) is 14.8. The predicted molar refractivity (Wildman–Crippen MR) is 151 cm³/mol. The summed E-state index contributed by atoms with van der Waals surface area (Å²) in [6.07, 6.45) is 6.84. The molecule has 1 aliphatic heterocycles. The number of fused-ring (bicyclic) bond motifs is 1. The van der Waals surface area contributed by atoms with Crippen LogP contribution in [-0.4, -0.2) is 87.2 Å². The van der Waals surface area contributed by atoms with Crippen LogP contribution in [-0.2, 0) is 15.0 Å². The molecule has 15 heteroatoms. The van der Waals surface area contributed by atoms with Crippen molar-refractivity contribution in [2.24, 2.45) is 0 Å². The molecule has 13 nitrogen and oxygen atoms in total. The van der Waals surface area contributed by atoms with E-state index in [1.54, 1.807) is 0 Å². The highest BCUT2D eigenvalue weighted by atomic mass is 32.3. The largest absolute Gasteiger partial charge is 0.394 e. The van der Waals surface area contributed by atoms with Crippen molar-refractivity contribution in [2.45, 2.75) is 80.8 Å². The molecule has 0 saturated carbocycles. The lowest BCUT2D eigenvalue weighted by Crippen LogP contribution is -2.33. The van der Waals surface area contributed by atoms with Gasteiger partial charge in [-0.3, -0.25) is 9.36 Å². The molecular formula is C27H37FN6O7S. The molecular weight excluding hydrogens is 571 g/mol. The molecule has 1 aromatic carbocycles. The van der Waals surface area contributed by atoms with Crippen LogP contribution < -0.4 is 10.6 Å². The number of nitrogens with one attached hydrogen (secondary N) is 2. The van der Waals surface area contributed by atoms with Gasteiger partial charge < -0.3 is 30.7 Å². The van der Waals surface area contributed by atoms with Gasteiger partial charge in [0.15, 0.2) is 23.2 Å². The number of carbonyl (C=O) groups excluding carboxylic acids is 1. The second-order valence-corrected chi connectivity index (χ2v) is 11.6. The number of aliphatic hydroxyl groups is 3. The van der Waals surface area contributed by atoms with E-state index in [9.17, 15) is 32.4 Å². The van der Waals surface area contributed by atoms with E-state index in [0.29, 0.717) is 30.1 Å². The van der Waals surface area contributed by atoms with Crippen molar-refractivity contribution in [3.05, 3.63) is 42.5 Å². The van der Waals surface area contributed by atoms with E-state index in [4.69, 9.17) is 4.74 Å². The maximum atomic E-state index is 12.9. The molecule has 3 heterocycles. The van der Waals surface area contributed by atoms with Crippen molar-refractivity contribution >= 4 is 33.1 Å². The molecule has 5 N–H and O–H groups in total. The zero-order valence-corrected chi connectivity index (χ0v) is 23.9. The number of amides is 1. The number of benzene rings is 1. The minimum absolute atomic E-state index is 0.284. The van der Waals surface area contributed by atoms with E-state index in [1.807, 2.05) is 0 Å². The fourth-order valence-electron chi connectivity index (χ4n) is 4.87. The number of aliphatic hydroxyl groups excluding tert-OH is 3. The maximum absolute atomic E-state index is 12.9. The first-order chi connectivity index (χ1) is 20.2. The zero-order valence-electron chi connectivity index (χ0n) is 23.1. The Labute approximate surface area is 243 Å². The van der Waals surface area contributed by atoms with E-state index < -0.39 is 46.3 Å². The average Bonchev–Trinajstić information content (AvgIpc) is 3.53. The van der Waals surface area contributed by atoms with Crippen molar-refractivity contribution in [3.63, 3.8) is 0 Å². The Morgan fingerprint density at radius 1 is 0.929 bits per heavy atom. The van der Waals surface area contributed by atoms with Gasteiger partial charge in [0.1, 0.15) is 24.6 Å². The molecule has 3 aromatic rings. The lowest BCUT2D eigenvalue weighted by atomic mass is 10.1. The van der Waals surface area contributed by atoms with Crippen LogP contribution in [0.2, 0.25) is 0 Å². The first-order valence-electron chi connectivity index (χ1n) is 14.1. The third-order valence-corrected chi connectivity index (χ3v) is 8.06. The van der Waals surface area contributed by atoms with Crippen molar-refractivity contribution in [1.82, 2.24) is 24.8 Å². The summed E-state index contributed by atoms with van der Waals surface area (Å²) in [7, 11) is -4.77. The van der Waals surface area contributed by atoms with Crippen molar-refractivity contribution < 1.29 is 37.2 Å². The van der Waals surface area contributed by atoms with Gasteiger partial charge in [-0.05, 0) is 37.1 Å². The summed E-state index contributed by atoms with van der Waals surface area (Å²) in [5, 5.41) is 35.8. The van der Waals surface area contributed by atoms with Crippen molar-refractivity contribution in [3.8, 4) is 0 Å². The molecule has 0 aliphatic carbocycles. The highest BCUT2D eigenvalue weighted by Gasteiger charge is 2.44.